The number of hydrogen-bond donors (Lipinski definition) is 0. The average Bonchev–Trinajstić information content (AvgIpc) is 2.28. The van der Waals surface area contributed by atoms with Gasteiger partial charge in [0.05, 0.1) is 13.7 Å². The molecule has 0 spiro atoms. The number of carbonyl (C=O) groups is 1. The Balaban J connectivity index is 2.78. The molecule has 4 nitrogen and oxygen atoms in total. The monoisotopic (exact) mass is 241 g/mol. The van der Waals surface area contributed by atoms with Crippen LogP contribution in [-0.2, 0) is 9.53 Å². The Morgan fingerprint density at radius 2 is 2.38 bits per heavy atom. The lowest BCUT2D eigenvalue weighted by molar-refractivity contribution is -0.137. The van der Waals surface area contributed by atoms with Gasteiger partial charge in [-0.05, 0) is 24.6 Å². The standard InChI is InChI=1S/C11H12ClNO3/c1-3-16-10(14)5-4-8-6-9(15-2)11(12)13-7-8/h4-7H,3H2,1-2H3. The molecule has 0 bridgehead atoms. The van der Waals surface area contributed by atoms with E-state index < -0.39 is 5.97 Å². The van der Waals surface area contributed by atoms with Gasteiger partial charge in [0, 0.05) is 12.3 Å². The van der Waals surface area contributed by atoms with E-state index in [2.05, 4.69) is 4.98 Å². The maximum absolute atomic E-state index is 11.1. The third kappa shape index (κ3) is 3.55. The van der Waals surface area contributed by atoms with E-state index in [9.17, 15) is 4.79 Å². The molecule has 0 saturated heterocycles. The molecule has 0 amide bonds. The number of nitrogens with zero attached hydrogens (tertiary/aromatic N) is 1. The Bertz CT molecular complexity index is 404. The molecule has 0 aliphatic carbocycles. The Morgan fingerprint density at radius 3 is 3.00 bits per heavy atom. The summed E-state index contributed by atoms with van der Waals surface area (Å²) in [4.78, 5) is 15.0. The predicted molar refractivity (Wildman–Crippen MR) is 61.5 cm³/mol. The van der Waals surface area contributed by atoms with Gasteiger partial charge in [0.25, 0.3) is 0 Å². The lowest BCUT2D eigenvalue weighted by Crippen LogP contribution is -1.98. The number of halogens is 1. The average molecular weight is 242 g/mol. The fourth-order valence-electron chi connectivity index (χ4n) is 1.03. The number of methoxy groups -OCH3 is 1. The van der Waals surface area contributed by atoms with Gasteiger partial charge in [0.1, 0.15) is 0 Å². The first-order chi connectivity index (χ1) is 7.67. The second kappa shape index (κ2) is 6.12. The molecule has 0 saturated carbocycles. The van der Waals surface area contributed by atoms with Gasteiger partial charge >= 0.3 is 5.97 Å². The van der Waals surface area contributed by atoms with Crippen LogP contribution in [0.1, 0.15) is 12.5 Å². The summed E-state index contributed by atoms with van der Waals surface area (Å²) in [6.07, 6.45) is 4.46. The van der Waals surface area contributed by atoms with Crippen molar-refractivity contribution < 1.29 is 14.3 Å². The fraction of sp³-hybridized carbons (Fsp3) is 0.273. The second-order valence-corrected chi connectivity index (χ2v) is 3.21. The number of ether oxygens (including phenoxy) is 2. The van der Waals surface area contributed by atoms with Gasteiger partial charge in [-0.1, -0.05) is 11.6 Å². The van der Waals surface area contributed by atoms with Crippen molar-refractivity contribution >= 4 is 23.6 Å². The van der Waals surface area contributed by atoms with Crippen LogP contribution in [0.3, 0.4) is 0 Å². The zero-order valence-corrected chi connectivity index (χ0v) is 9.82. The largest absolute Gasteiger partial charge is 0.494 e. The van der Waals surface area contributed by atoms with Gasteiger partial charge < -0.3 is 9.47 Å². The van der Waals surface area contributed by atoms with Crippen LogP contribution in [0.4, 0.5) is 0 Å². The van der Waals surface area contributed by atoms with Crippen molar-refractivity contribution in [3.63, 3.8) is 0 Å². The molecule has 1 aromatic heterocycles. The van der Waals surface area contributed by atoms with E-state index in [0.717, 1.165) is 0 Å². The van der Waals surface area contributed by atoms with E-state index in [4.69, 9.17) is 21.1 Å². The quantitative estimate of drug-likeness (QED) is 0.461. The van der Waals surface area contributed by atoms with Crippen molar-refractivity contribution in [3.05, 3.63) is 29.1 Å². The number of carbonyl (C=O) groups excluding carboxylic acids is 1. The lowest BCUT2D eigenvalue weighted by Gasteiger charge is -2.02. The van der Waals surface area contributed by atoms with Crippen LogP contribution in [0, 0.1) is 0 Å². The van der Waals surface area contributed by atoms with E-state index in [-0.39, 0.29) is 5.15 Å². The molecule has 86 valence electrons. The zero-order valence-electron chi connectivity index (χ0n) is 9.07. The number of esters is 1. The van der Waals surface area contributed by atoms with Crippen LogP contribution in [0.25, 0.3) is 6.08 Å². The van der Waals surface area contributed by atoms with E-state index >= 15 is 0 Å². The summed E-state index contributed by atoms with van der Waals surface area (Å²) >= 11 is 5.76. The van der Waals surface area contributed by atoms with Gasteiger partial charge in [-0.3, -0.25) is 0 Å². The maximum Gasteiger partial charge on any atom is 0.330 e. The molecule has 1 heterocycles. The van der Waals surface area contributed by atoms with Crippen LogP contribution < -0.4 is 4.74 Å². The minimum Gasteiger partial charge on any atom is -0.494 e. The lowest BCUT2D eigenvalue weighted by atomic mass is 10.2. The second-order valence-electron chi connectivity index (χ2n) is 2.85. The van der Waals surface area contributed by atoms with E-state index in [0.29, 0.717) is 17.9 Å². The molecule has 0 aromatic carbocycles. The minimum atomic E-state index is -0.392. The highest BCUT2D eigenvalue weighted by Gasteiger charge is 2.02. The van der Waals surface area contributed by atoms with Gasteiger partial charge in [-0.2, -0.15) is 0 Å². The predicted octanol–water partition coefficient (Wildman–Crippen LogP) is 2.32. The molecule has 5 heteroatoms. The summed E-state index contributed by atoms with van der Waals surface area (Å²) in [5.74, 6) is 0.0732. The number of hydrogen-bond acceptors (Lipinski definition) is 4. The van der Waals surface area contributed by atoms with E-state index in [1.807, 2.05) is 0 Å². The zero-order chi connectivity index (χ0) is 12.0. The first-order valence-corrected chi connectivity index (χ1v) is 5.09. The van der Waals surface area contributed by atoms with E-state index in [1.54, 1.807) is 25.3 Å². The van der Waals surface area contributed by atoms with Gasteiger partial charge in [0.2, 0.25) is 0 Å². The van der Waals surface area contributed by atoms with Crippen LogP contribution in [0.15, 0.2) is 18.3 Å². The minimum absolute atomic E-state index is 0.288. The van der Waals surface area contributed by atoms with Crippen molar-refractivity contribution in [1.29, 1.82) is 0 Å². The molecule has 1 aromatic rings. The van der Waals surface area contributed by atoms with Crippen molar-refractivity contribution in [2.24, 2.45) is 0 Å². The van der Waals surface area contributed by atoms with Crippen LogP contribution in [0.2, 0.25) is 5.15 Å². The van der Waals surface area contributed by atoms with Gasteiger partial charge in [0.15, 0.2) is 10.9 Å². The van der Waals surface area contributed by atoms with Crippen LogP contribution >= 0.6 is 11.6 Å². The molecule has 0 unspecified atom stereocenters. The summed E-state index contributed by atoms with van der Waals surface area (Å²) in [5.41, 5.74) is 0.717. The summed E-state index contributed by atoms with van der Waals surface area (Å²) in [6.45, 7) is 2.10. The van der Waals surface area contributed by atoms with E-state index in [1.165, 1.54) is 13.2 Å². The first kappa shape index (κ1) is 12.5. The summed E-state index contributed by atoms with van der Waals surface area (Å²) in [5, 5.41) is 0.288. The molecular weight excluding hydrogens is 230 g/mol. The summed E-state index contributed by atoms with van der Waals surface area (Å²) in [6, 6.07) is 1.69. The third-order valence-electron chi connectivity index (χ3n) is 1.75. The smallest absolute Gasteiger partial charge is 0.330 e. The summed E-state index contributed by atoms with van der Waals surface area (Å²) in [7, 11) is 1.50. The SMILES string of the molecule is CCOC(=O)C=Cc1cnc(Cl)c(OC)c1. The van der Waals surface area contributed by atoms with Gasteiger partial charge in [-0.15, -0.1) is 0 Å². The molecular formula is C11H12ClNO3. The Labute approximate surface area is 98.8 Å². The molecule has 0 aliphatic rings. The highest BCUT2D eigenvalue weighted by molar-refractivity contribution is 6.30. The van der Waals surface area contributed by atoms with Crippen molar-refractivity contribution in [3.8, 4) is 5.75 Å². The molecule has 0 aliphatic heterocycles. The van der Waals surface area contributed by atoms with Crippen molar-refractivity contribution in [2.45, 2.75) is 6.92 Å². The Morgan fingerprint density at radius 1 is 1.62 bits per heavy atom. The topological polar surface area (TPSA) is 48.4 Å². The highest BCUT2D eigenvalue weighted by atomic mass is 35.5. The van der Waals surface area contributed by atoms with Crippen LogP contribution in [-0.4, -0.2) is 24.7 Å². The van der Waals surface area contributed by atoms with Crippen molar-refractivity contribution in [2.75, 3.05) is 13.7 Å². The third-order valence-corrected chi connectivity index (χ3v) is 2.03. The molecule has 16 heavy (non-hydrogen) atoms. The number of pyridine rings is 1. The first-order valence-electron chi connectivity index (χ1n) is 4.71. The molecule has 1 rings (SSSR count). The van der Waals surface area contributed by atoms with Crippen molar-refractivity contribution in [1.82, 2.24) is 4.98 Å². The Hall–Kier alpha value is -1.55. The van der Waals surface area contributed by atoms with Gasteiger partial charge in [-0.25, -0.2) is 9.78 Å². The fourth-order valence-corrected chi connectivity index (χ4v) is 1.21. The molecule has 0 fully saturated rings. The molecule has 0 atom stereocenters. The molecule has 0 radical (unpaired) electrons. The normalized spacial score (nSPS) is 10.4. The summed E-state index contributed by atoms with van der Waals surface area (Å²) < 4.78 is 9.74. The number of rotatable bonds is 4. The highest BCUT2D eigenvalue weighted by Crippen LogP contribution is 2.22. The maximum atomic E-state index is 11.1. The Kier molecular flexibility index (Phi) is 4.79. The van der Waals surface area contributed by atoms with Crippen LogP contribution in [0.5, 0.6) is 5.75 Å². The number of aromatic nitrogens is 1. The molecule has 0 N–H and O–H groups in total.